The fourth-order valence-electron chi connectivity index (χ4n) is 3.66. The molecule has 1 amide bonds. The predicted molar refractivity (Wildman–Crippen MR) is 90.6 cm³/mol. The van der Waals surface area contributed by atoms with Gasteiger partial charge >= 0.3 is 0 Å². The van der Waals surface area contributed by atoms with E-state index >= 15 is 0 Å². The van der Waals surface area contributed by atoms with E-state index in [1.807, 2.05) is 29.4 Å². The number of piperazine rings is 1. The summed E-state index contributed by atoms with van der Waals surface area (Å²) in [5.41, 5.74) is 4.25. The van der Waals surface area contributed by atoms with Crippen LogP contribution in [0.2, 0.25) is 0 Å². The molecule has 4 rings (SSSR count). The van der Waals surface area contributed by atoms with Crippen LogP contribution in [-0.2, 0) is 19.4 Å². The molecule has 0 radical (unpaired) electrons. The molecule has 3 heterocycles. The normalized spacial score (nSPS) is 18.4. The summed E-state index contributed by atoms with van der Waals surface area (Å²) in [6, 6.07) is 4.10. The zero-order chi connectivity index (χ0) is 16.4. The largest absolute Gasteiger partial charge is 0.335 e. The summed E-state index contributed by atoms with van der Waals surface area (Å²) in [5, 5.41) is 7.40. The molecule has 0 atom stereocenters. The topological polar surface area (TPSA) is 65.1 Å². The third kappa shape index (κ3) is 3.06. The Bertz CT molecular complexity index is 703. The Labute approximate surface area is 141 Å². The van der Waals surface area contributed by atoms with Gasteiger partial charge in [0.15, 0.2) is 5.69 Å². The van der Waals surface area contributed by atoms with Crippen molar-refractivity contribution in [3.8, 4) is 0 Å². The SMILES string of the molecule is O=C(c1n[nH]c2c1CCCC2)N1CCN(Cc2ccncc2)CC1. The van der Waals surface area contributed by atoms with Gasteiger partial charge in [-0.05, 0) is 43.4 Å². The van der Waals surface area contributed by atoms with Gasteiger partial charge < -0.3 is 4.90 Å². The molecule has 6 nitrogen and oxygen atoms in total. The molecule has 2 aliphatic rings. The number of pyridine rings is 1. The van der Waals surface area contributed by atoms with Gasteiger partial charge in [0, 0.05) is 56.4 Å². The molecule has 0 spiro atoms. The van der Waals surface area contributed by atoms with Crippen molar-refractivity contribution in [2.45, 2.75) is 32.2 Å². The van der Waals surface area contributed by atoms with Crippen LogP contribution in [0.1, 0.15) is 40.2 Å². The molecule has 6 heteroatoms. The van der Waals surface area contributed by atoms with Crippen LogP contribution >= 0.6 is 0 Å². The van der Waals surface area contributed by atoms with Gasteiger partial charge in [-0.3, -0.25) is 19.8 Å². The first-order chi connectivity index (χ1) is 11.8. The van der Waals surface area contributed by atoms with E-state index in [1.54, 1.807) is 0 Å². The minimum Gasteiger partial charge on any atom is -0.335 e. The van der Waals surface area contributed by atoms with Crippen LogP contribution < -0.4 is 0 Å². The number of rotatable bonds is 3. The first-order valence-corrected chi connectivity index (χ1v) is 8.78. The summed E-state index contributed by atoms with van der Waals surface area (Å²) in [5.74, 6) is 0.0953. The van der Waals surface area contributed by atoms with Crippen molar-refractivity contribution in [3.63, 3.8) is 0 Å². The molecule has 1 aliphatic heterocycles. The molecular formula is C18H23N5O. The Morgan fingerprint density at radius 1 is 1.08 bits per heavy atom. The highest BCUT2D eigenvalue weighted by molar-refractivity contribution is 5.94. The maximum atomic E-state index is 12.8. The zero-order valence-corrected chi connectivity index (χ0v) is 13.9. The monoisotopic (exact) mass is 325 g/mol. The molecule has 126 valence electrons. The molecule has 1 N–H and O–H groups in total. The number of aryl methyl sites for hydroxylation is 1. The van der Waals surface area contributed by atoms with E-state index in [1.165, 1.54) is 17.7 Å². The first-order valence-electron chi connectivity index (χ1n) is 8.78. The summed E-state index contributed by atoms with van der Waals surface area (Å²) >= 11 is 0. The van der Waals surface area contributed by atoms with E-state index in [-0.39, 0.29) is 5.91 Å². The second kappa shape index (κ2) is 6.73. The smallest absolute Gasteiger partial charge is 0.274 e. The van der Waals surface area contributed by atoms with E-state index < -0.39 is 0 Å². The van der Waals surface area contributed by atoms with E-state index in [0.29, 0.717) is 5.69 Å². The number of carbonyl (C=O) groups excluding carboxylic acids is 1. The maximum Gasteiger partial charge on any atom is 0.274 e. The highest BCUT2D eigenvalue weighted by Crippen LogP contribution is 2.23. The van der Waals surface area contributed by atoms with Crippen LogP contribution in [0.3, 0.4) is 0 Å². The number of aromatic nitrogens is 3. The van der Waals surface area contributed by atoms with Crippen molar-refractivity contribution >= 4 is 5.91 Å². The number of nitrogens with zero attached hydrogens (tertiary/aromatic N) is 4. The Kier molecular flexibility index (Phi) is 4.30. The molecule has 1 fully saturated rings. The zero-order valence-electron chi connectivity index (χ0n) is 13.9. The van der Waals surface area contributed by atoms with Crippen LogP contribution in [0.15, 0.2) is 24.5 Å². The van der Waals surface area contributed by atoms with Crippen LogP contribution in [0.5, 0.6) is 0 Å². The van der Waals surface area contributed by atoms with Gasteiger partial charge in [-0.15, -0.1) is 0 Å². The van der Waals surface area contributed by atoms with Crippen molar-refractivity contribution in [1.29, 1.82) is 0 Å². The van der Waals surface area contributed by atoms with Gasteiger partial charge in [0.25, 0.3) is 5.91 Å². The molecule has 2 aromatic heterocycles. The lowest BCUT2D eigenvalue weighted by Gasteiger charge is -2.34. The number of carbonyl (C=O) groups is 1. The van der Waals surface area contributed by atoms with Crippen molar-refractivity contribution in [3.05, 3.63) is 47.0 Å². The van der Waals surface area contributed by atoms with E-state index in [9.17, 15) is 4.79 Å². The molecule has 0 saturated carbocycles. The van der Waals surface area contributed by atoms with Gasteiger partial charge in [-0.25, -0.2) is 0 Å². The Morgan fingerprint density at radius 3 is 2.62 bits per heavy atom. The maximum absolute atomic E-state index is 12.8. The van der Waals surface area contributed by atoms with Gasteiger partial charge in [0.2, 0.25) is 0 Å². The second-order valence-corrected chi connectivity index (χ2v) is 6.66. The Morgan fingerprint density at radius 2 is 1.83 bits per heavy atom. The fraction of sp³-hybridized carbons (Fsp3) is 0.500. The van der Waals surface area contributed by atoms with Crippen molar-refractivity contribution in [2.24, 2.45) is 0 Å². The van der Waals surface area contributed by atoms with Crippen LogP contribution in [0.4, 0.5) is 0 Å². The summed E-state index contributed by atoms with van der Waals surface area (Å²) in [6.45, 7) is 4.26. The van der Waals surface area contributed by atoms with Crippen LogP contribution in [-0.4, -0.2) is 57.1 Å². The number of nitrogens with one attached hydrogen (secondary N) is 1. The summed E-state index contributed by atoms with van der Waals surface area (Å²) in [4.78, 5) is 21.2. The molecule has 24 heavy (non-hydrogen) atoms. The second-order valence-electron chi connectivity index (χ2n) is 6.66. The molecule has 2 aromatic rings. The fourth-order valence-corrected chi connectivity index (χ4v) is 3.66. The number of hydrogen-bond donors (Lipinski definition) is 1. The summed E-state index contributed by atoms with van der Waals surface area (Å²) in [6.07, 6.45) is 8.01. The molecule has 1 aliphatic carbocycles. The molecule has 1 saturated heterocycles. The minimum atomic E-state index is 0.0953. The number of fused-ring (bicyclic) bond motifs is 1. The van der Waals surface area contributed by atoms with Crippen molar-refractivity contribution in [1.82, 2.24) is 25.0 Å². The third-order valence-electron chi connectivity index (χ3n) is 5.07. The van der Waals surface area contributed by atoms with Gasteiger partial charge in [-0.1, -0.05) is 0 Å². The van der Waals surface area contributed by atoms with Gasteiger partial charge in [-0.2, -0.15) is 5.10 Å². The average molecular weight is 325 g/mol. The number of aromatic amines is 1. The van der Waals surface area contributed by atoms with E-state index in [2.05, 4.69) is 20.1 Å². The van der Waals surface area contributed by atoms with Gasteiger partial charge in [0.1, 0.15) is 0 Å². The number of H-pyrrole nitrogens is 1. The average Bonchev–Trinajstić information content (AvgIpc) is 3.07. The Balaban J connectivity index is 1.37. The van der Waals surface area contributed by atoms with E-state index in [0.717, 1.165) is 57.5 Å². The molecule has 0 bridgehead atoms. The van der Waals surface area contributed by atoms with Crippen molar-refractivity contribution in [2.75, 3.05) is 26.2 Å². The predicted octanol–water partition coefficient (Wildman–Crippen LogP) is 1.64. The third-order valence-corrected chi connectivity index (χ3v) is 5.07. The minimum absolute atomic E-state index is 0.0953. The lowest BCUT2D eigenvalue weighted by atomic mass is 9.95. The highest BCUT2D eigenvalue weighted by Gasteiger charge is 2.27. The molecule has 0 unspecified atom stereocenters. The quantitative estimate of drug-likeness (QED) is 0.932. The lowest BCUT2D eigenvalue weighted by molar-refractivity contribution is 0.0621. The summed E-state index contributed by atoms with van der Waals surface area (Å²) in [7, 11) is 0. The van der Waals surface area contributed by atoms with E-state index in [4.69, 9.17) is 0 Å². The number of amides is 1. The van der Waals surface area contributed by atoms with Gasteiger partial charge in [0.05, 0.1) is 0 Å². The molecular weight excluding hydrogens is 302 g/mol. The highest BCUT2D eigenvalue weighted by atomic mass is 16.2. The molecule has 0 aromatic carbocycles. The summed E-state index contributed by atoms with van der Waals surface area (Å²) < 4.78 is 0. The van der Waals surface area contributed by atoms with Crippen LogP contribution in [0.25, 0.3) is 0 Å². The van der Waals surface area contributed by atoms with Crippen molar-refractivity contribution < 1.29 is 4.79 Å². The first kappa shape index (κ1) is 15.3. The lowest BCUT2D eigenvalue weighted by Crippen LogP contribution is -2.48. The Hall–Kier alpha value is -2.21. The standard InChI is InChI=1S/C18H23N5O/c24-18(17-15-3-1-2-4-16(15)20-21-17)23-11-9-22(10-12-23)13-14-5-7-19-8-6-14/h5-8H,1-4,9-13H2,(H,20,21). The number of hydrogen-bond acceptors (Lipinski definition) is 4. The van der Waals surface area contributed by atoms with Crippen LogP contribution in [0, 0.1) is 0 Å².